The van der Waals surface area contributed by atoms with Gasteiger partial charge in [0.05, 0.1) is 19.8 Å². The van der Waals surface area contributed by atoms with Crippen LogP contribution in [0.2, 0.25) is 0 Å². The van der Waals surface area contributed by atoms with Gasteiger partial charge in [-0.1, -0.05) is 18.2 Å². The molecule has 1 N–H and O–H groups in total. The van der Waals surface area contributed by atoms with Crippen molar-refractivity contribution in [2.75, 3.05) is 14.2 Å². The number of carbonyl (C=O) groups excluding carboxylic acids is 1. The second kappa shape index (κ2) is 8.41. The van der Waals surface area contributed by atoms with Gasteiger partial charge in [-0.2, -0.15) is 0 Å². The normalized spacial score (nSPS) is 23.6. The quantitative estimate of drug-likeness (QED) is 0.806. The van der Waals surface area contributed by atoms with Crippen LogP contribution in [0.15, 0.2) is 42.5 Å². The van der Waals surface area contributed by atoms with E-state index in [1.807, 2.05) is 12.1 Å². The zero-order valence-electron chi connectivity index (χ0n) is 16.9. The van der Waals surface area contributed by atoms with Gasteiger partial charge in [0.2, 0.25) is 0 Å². The average molecular weight is 397 g/mol. The molecule has 0 aliphatic carbocycles. The molecule has 4 rings (SSSR count). The first-order valence-corrected chi connectivity index (χ1v) is 10.1. The van der Waals surface area contributed by atoms with Gasteiger partial charge >= 0.3 is 0 Å². The molecule has 0 aromatic heterocycles. The molecule has 0 spiro atoms. The molecule has 2 bridgehead atoms. The average Bonchev–Trinajstić information content (AvgIpc) is 2.96. The van der Waals surface area contributed by atoms with E-state index in [1.54, 1.807) is 32.4 Å². The van der Waals surface area contributed by atoms with Crippen molar-refractivity contribution in [3.8, 4) is 11.5 Å². The number of fused-ring (bicyclic) bond motifs is 2. The molecule has 2 heterocycles. The Hall–Kier alpha value is -2.60. The van der Waals surface area contributed by atoms with Gasteiger partial charge < -0.3 is 14.8 Å². The van der Waals surface area contributed by atoms with Crippen LogP contribution in [0, 0.1) is 5.82 Å². The van der Waals surface area contributed by atoms with Crippen LogP contribution in [0.25, 0.3) is 0 Å². The molecule has 5 nitrogen and oxygen atoms in total. The van der Waals surface area contributed by atoms with Crippen molar-refractivity contribution in [2.24, 2.45) is 0 Å². The van der Waals surface area contributed by atoms with Gasteiger partial charge in [0.1, 0.15) is 5.82 Å². The predicted molar refractivity (Wildman–Crippen MR) is 109 cm³/mol. The first kappa shape index (κ1) is 19.7. The first-order chi connectivity index (χ1) is 14.1. The van der Waals surface area contributed by atoms with E-state index in [1.165, 1.54) is 12.1 Å². The summed E-state index contributed by atoms with van der Waals surface area (Å²) >= 11 is 0. The Morgan fingerprint density at radius 3 is 2.38 bits per heavy atom. The number of ether oxygens (including phenoxy) is 2. The molecular weight excluding hydrogens is 370 g/mol. The fourth-order valence-electron chi connectivity index (χ4n) is 4.78. The largest absolute Gasteiger partial charge is 0.493 e. The summed E-state index contributed by atoms with van der Waals surface area (Å²) in [4.78, 5) is 15.4. The van der Waals surface area contributed by atoms with Crippen LogP contribution in [0.5, 0.6) is 11.5 Å². The van der Waals surface area contributed by atoms with Crippen molar-refractivity contribution in [1.82, 2.24) is 10.2 Å². The Morgan fingerprint density at radius 1 is 1.07 bits per heavy atom. The standard InChI is InChI=1S/C23H27FN2O3/c1-28-21-5-3-4-20(22(21)29-2)23(27)25-17-12-18-10-11-19(13-17)26(18)14-15-6-8-16(24)9-7-15/h3-9,17-19H,10-14H2,1-2H3,(H,25,27)/i24-1. The smallest absolute Gasteiger partial charge is 0.255 e. The van der Waals surface area contributed by atoms with E-state index in [-0.39, 0.29) is 17.8 Å². The Kier molecular flexibility index (Phi) is 5.72. The fraction of sp³-hybridized carbons (Fsp3) is 0.435. The minimum Gasteiger partial charge on any atom is -0.493 e. The highest BCUT2D eigenvalue weighted by molar-refractivity contribution is 5.98. The molecule has 2 atom stereocenters. The van der Waals surface area contributed by atoms with E-state index < -0.39 is 0 Å². The Balaban J connectivity index is 1.41. The van der Waals surface area contributed by atoms with Crippen LogP contribution < -0.4 is 14.8 Å². The molecule has 2 aliphatic rings. The SMILES string of the molecule is COc1cccc(C(=O)NC2CC3CCC(C2)N3Cc2ccc([18F])cc2)c1OC. The van der Waals surface area contributed by atoms with E-state index in [2.05, 4.69) is 10.2 Å². The van der Waals surface area contributed by atoms with Crippen LogP contribution in [0.4, 0.5) is 4.39 Å². The third kappa shape index (κ3) is 4.08. The predicted octanol–water partition coefficient (Wildman–Crippen LogP) is 3.77. The highest BCUT2D eigenvalue weighted by atomic mass is 18.2. The summed E-state index contributed by atoms with van der Waals surface area (Å²) in [6, 6.07) is 13.1. The van der Waals surface area contributed by atoms with E-state index in [0.717, 1.165) is 37.8 Å². The molecule has 2 aromatic carbocycles. The third-order valence-electron chi connectivity index (χ3n) is 6.15. The van der Waals surface area contributed by atoms with E-state index in [0.29, 0.717) is 29.1 Å². The maximum Gasteiger partial charge on any atom is 0.255 e. The van der Waals surface area contributed by atoms with Crippen molar-refractivity contribution in [3.63, 3.8) is 0 Å². The number of methoxy groups -OCH3 is 2. The molecule has 6 heteroatoms. The number of hydrogen-bond acceptors (Lipinski definition) is 4. The molecular formula is C23H27FN2O3. The molecule has 2 aliphatic heterocycles. The zero-order valence-corrected chi connectivity index (χ0v) is 16.9. The second-order valence-corrected chi connectivity index (χ2v) is 7.87. The molecule has 0 saturated carbocycles. The van der Waals surface area contributed by atoms with Crippen molar-refractivity contribution in [3.05, 3.63) is 59.4 Å². The molecule has 29 heavy (non-hydrogen) atoms. The third-order valence-corrected chi connectivity index (χ3v) is 6.15. The molecule has 154 valence electrons. The molecule has 2 aromatic rings. The number of carbonyl (C=O) groups is 1. The molecule has 2 unspecified atom stereocenters. The highest BCUT2D eigenvalue weighted by Crippen LogP contribution is 2.37. The first-order valence-electron chi connectivity index (χ1n) is 10.1. The Labute approximate surface area is 170 Å². The van der Waals surface area contributed by atoms with Gasteiger partial charge in [0.15, 0.2) is 11.5 Å². The fourth-order valence-corrected chi connectivity index (χ4v) is 4.78. The van der Waals surface area contributed by atoms with Crippen molar-refractivity contribution >= 4 is 5.91 Å². The van der Waals surface area contributed by atoms with Crippen LogP contribution in [0.1, 0.15) is 41.6 Å². The van der Waals surface area contributed by atoms with Gasteiger partial charge in [-0.05, 0) is 55.5 Å². The minimum atomic E-state index is -0.203. The van der Waals surface area contributed by atoms with Gasteiger partial charge in [0, 0.05) is 24.7 Å². The Bertz CT molecular complexity index is 857. The second-order valence-electron chi connectivity index (χ2n) is 7.87. The number of para-hydroxylation sites is 1. The molecule has 0 radical (unpaired) electrons. The molecule has 2 saturated heterocycles. The lowest BCUT2D eigenvalue weighted by Crippen LogP contribution is -2.50. The number of rotatable bonds is 6. The number of hydrogen-bond donors (Lipinski definition) is 1. The number of nitrogens with one attached hydrogen (secondary N) is 1. The lowest BCUT2D eigenvalue weighted by atomic mass is 9.96. The number of piperidine rings is 1. The number of benzene rings is 2. The minimum absolute atomic E-state index is 0.128. The van der Waals surface area contributed by atoms with Gasteiger partial charge in [-0.15, -0.1) is 0 Å². The van der Waals surface area contributed by atoms with Crippen molar-refractivity contribution in [2.45, 2.75) is 50.4 Å². The van der Waals surface area contributed by atoms with Gasteiger partial charge in [-0.3, -0.25) is 9.69 Å². The number of halogens is 1. The summed E-state index contributed by atoms with van der Waals surface area (Å²) in [7, 11) is 3.11. The van der Waals surface area contributed by atoms with E-state index in [9.17, 15) is 9.18 Å². The van der Waals surface area contributed by atoms with Crippen LogP contribution >= 0.6 is 0 Å². The molecule has 1 amide bonds. The summed E-state index contributed by atoms with van der Waals surface area (Å²) in [6.07, 6.45) is 4.13. The summed E-state index contributed by atoms with van der Waals surface area (Å²) < 4.78 is 23.9. The summed E-state index contributed by atoms with van der Waals surface area (Å²) in [5.41, 5.74) is 1.62. The van der Waals surface area contributed by atoms with Crippen molar-refractivity contribution in [1.29, 1.82) is 0 Å². The van der Waals surface area contributed by atoms with Crippen LogP contribution in [-0.4, -0.2) is 43.2 Å². The summed E-state index contributed by atoms with van der Waals surface area (Å²) in [6.45, 7) is 0.833. The summed E-state index contributed by atoms with van der Waals surface area (Å²) in [5.74, 6) is 0.682. The van der Waals surface area contributed by atoms with E-state index >= 15 is 0 Å². The lowest BCUT2D eigenvalue weighted by molar-refractivity contribution is 0.0825. The zero-order chi connectivity index (χ0) is 20.4. The molecule has 2 fully saturated rings. The number of amides is 1. The number of nitrogens with zero attached hydrogens (tertiary/aromatic N) is 1. The lowest BCUT2D eigenvalue weighted by Gasteiger charge is -2.39. The van der Waals surface area contributed by atoms with Gasteiger partial charge in [0.25, 0.3) is 5.91 Å². The van der Waals surface area contributed by atoms with Crippen LogP contribution in [-0.2, 0) is 6.54 Å². The van der Waals surface area contributed by atoms with E-state index in [4.69, 9.17) is 9.47 Å². The topological polar surface area (TPSA) is 50.8 Å². The monoisotopic (exact) mass is 397 g/mol. The van der Waals surface area contributed by atoms with Gasteiger partial charge in [-0.25, -0.2) is 4.39 Å². The maximum absolute atomic E-state index is 13.2. The van der Waals surface area contributed by atoms with Crippen molar-refractivity contribution < 1.29 is 18.7 Å². The summed E-state index contributed by atoms with van der Waals surface area (Å²) in [5, 5.41) is 3.20. The Morgan fingerprint density at radius 2 is 1.76 bits per heavy atom. The highest BCUT2D eigenvalue weighted by Gasteiger charge is 2.41. The maximum atomic E-state index is 13.2. The van der Waals surface area contributed by atoms with Crippen LogP contribution in [0.3, 0.4) is 0 Å².